The standard InChI is InChI=1S/C31H39N2O6/c1-34-26-13-24(14-27(17-26)35-2)21-38-30-11-23(20-33-8-5-32(6-9-33)7-10-33)12-31(19-30)39-22-25-15-28(36-3)18-29(16-25)37-4/h11-19H,5-10,20-22H2,1-4H3/q+1. The molecule has 0 saturated carbocycles. The summed E-state index contributed by atoms with van der Waals surface area (Å²) in [5, 5.41) is 0. The van der Waals surface area contributed by atoms with E-state index in [9.17, 15) is 0 Å². The van der Waals surface area contributed by atoms with Crippen LogP contribution in [-0.4, -0.2) is 77.1 Å². The van der Waals surface area contributed by atoms with Crippen molar-refractivity contribution in [1.29, 1.82) is 0 Å². The number of hydrogen-bond donors (Lipinski definition) is 0. The van der Waals surface area contributed by atoms with E-state index in [0.717, 1.165) is 56.7 Å². The zero-order valence-corrected chi connectivity index (χ0v) is 23.4. The molecule has 208 valence electrons. The lowest BCUT2D eigenvalue weighted by Gasteiger charge is -2.50. The highest BCUT2D eigenvalue weighted by Crippen LogP contribution is 2.31. The Labute approximate surface area is 231 Å². The number of piperazine rings is 3. The second kappa shape index (κ2) is 12.1. The van der Waals surface area contributed by atoms with Gasteiger partial charge in [-0.2, -0.15) is 0 Å². The van der Waals surface area contributed by atoms with E-state index in [-0.39, 0.29) is 0 Å². The number of quaternary nitrogens is 1. The van der Waals surface area contributed by atoms with Gasteiger partial charge in [-0.1, -0.05) is 0 Å². The molecule has 3 aliphatic heterocycles. The van der Waals surface area contributed by atoms with Crippen LogP contribution in [0.5, 0.6) is 34.5 Å². The Morgan fingerprint density at radius 2 is 0.872 bits per heavy atom. The molecular weight excluding hydrogens is 496 g/mol. The van der Waals surface area contributed by atoms with Crippen LogP contribution in [0.2, 0.25) is 0 Å². The lowest BCUT2D eigenvalue weighted by atomic mass is 10.1. The lowest BCUT2D eigenvalue weighted by Crippen LogP contribution is -2.66. The predicted molar refractivity (Wildman–Crippen MR) is 149 cm³/mol. The van der Waals surface area contributed by atoms with Crippen LogP contribution in [0.4, 0.5) is 0 Å². The van der Waals surface area contributed by atoms with Crippen molar-refractivity contribution in [3.63, 3.8) is 0 Å². The van der Waals surface area contributed by atoms with Crippen LogP contribution >= 0.6 is 0 Å². The van der Waals surface area contributed by atoms with E-state index in [2.05, 4.69) is 17.0 Å². The van der Waals surface area contributed by atoms with Crippen molar-refractivity contribution in [2.75, 3.05) is 67.7 Å². The summed E-state index contributed by atoms with van der Waals surface area (Å²) >= 11 is 0. The van der Waals surface area contributed by atoms with Gasteiger partial charge in [-0.05, 0) is 47.5 Å². The number of hydrogen-bond acceptors (Lipinski definition) is 7. The van der Waals surface area contributed by atoms with Gasteiger partial charge >= 0.3 is 0 Å². The first-order chi connectivity index (χ1) is 19.0. The minimum absolute atomic E-state index is 0.387. The Morgan fingerprint density at radius 3 is 1.26 bits per heavy atom. The molecule has 0 atom stereocenters. The normalized spacial score (nSPS) is 19.8. The van der Waals surface area contributed by atoms with Crippen LogP contribution in [0.15, 0.2) is 54.6 Å². The molecule has 3 aromatic rings. The molecule has 3 aromatic carbocycles. The first-order valence-corrected chi connectivity index (χ1v) is 13.4. The SMILES string of the molecule is COc1cc(COc2cc(C[N+]34CCN(CC3)CC4)cc(OCc3cc(OC)cc(OC)c3)c2)cc(OC)c1. The van der Waals surface area contributed by atoms with Gasteiger partial charge in [-0.15, -0.1) is 0 Å². The summed E-state index contributed by atoms with van der Waals surface area (Å²) in [6, 6.07) is 17.9. The fourth-order valence-corrected chi connectivity index (χ4v) is 5.48. The van der Waals surface area contributed by atoms with Crippen molar-refractivity contribution in [3.05, 3.63) is 71.3 Å². The van der Waals surface area contributed by atoms with E-state index in [1.807, 2.05) is 42.5 Å². The summed E-state index contributed by atoms with van der Waals surface area (Å²) in [7, 11) is 6.60. The Hall–Kier alpha value is -3.62. The lowest BCUT2D eigenvalue weighted by molar-refractivity contribution is -0.953. The summed E-state index contributed by atoms with van der Waals surface area (Å²) in [4.78, 5) is 2.57. The molecule has 0 radical (unpaired) electrons. The maximum absolute atomic E-state index is 6.32. The maximum Gasteiger partial charge on any atom is 0.124 e. The van der Waals surface area contributed by atoms with E-state index >= 15 is 0 Å². The molecule has 8 heteroatoms. The van der Waals surface area contributed by atoms with Crippen molar-refractivity contribution in [2.45, 2.75) is 19.8 Å². The van der Waals surface area contributed by atoms with Crippen molar-refractivity contribution in [1.82, 2.24) is 4.90 Å². The highest BCUT2D eigenvalue weighted by Gasteiger charge is 2.38. The van der Waals surface area contributed by atoms with Crippen LogP contribution in [-0.2, 0) is 19.8 Å². The average Bonchev–Trinajstić information content (AvgIpc) is 2.99. The van der Waals surface area contributed by atoms with Gasteiger partial charge in [0.1, 0.15) is 54.3 Å². The smallest absolute Gasteiger partial charge is 0.124 e. The topological polar surface area (TPSA) is 58.6 Å². The van der Waals surface area contributed by atoms with E-state index in [1.165, 1.54) is 44.8 Å². The van der Waals surface area contributed by atoms with Crippen LogP contribution in [0.3, 0.4) is 0 Å². The summed E-state index contributed by atoms with van der Waals surface area (Å²) in [5.74, 6) is 4.50. The predicted octanol–water partition coefficient (Wildman–Crippen LogP) is 4.53. The Morgan fingerprint density at radius 1 is 0.513 bits per heavy atom. The molecule has 3 heterocycles. The second-order valence-electron chi connectivity index (χ2n) is 10.3. The second-order valence-corrected chi connectivity index (χ2v) is 10.3. The quantitative estimate of drug-likeness (QED) is 0.316. The zero-order valence-electron chi connectivity index (χ0n) is 23.4. The van der Waals surface area contributed by atoms with Crippen molar-refractivity contribution < 1.29 is 32.9 Å². The Kier molecular flexibility index (Phi) is 8.33. The van der Waals surface area contributed by atoms with Gasteiger partial charge in [-0.3, -0.25) is 4.90 Å². The van der Waals surface area contributed by atoms with Gasteiger partial charge in [0.25, 0.3) is 0 Å². The number of nitrogens with zero attached hydrogens (tertiary/aromatic N) is 2. The summed E-state index contributed by atoms with van der Waals surface area (Å²) < 4.78 is 35.5. The van der Waals surface area contributed by atoms with Gasteiger partial charge in [0.15, 0.2) is 0 Å². The van der Waals surface area contributed by atoms with E-state index < -0.39 is 0 Å². The third-order valence-corrected chi connectivity index (χ3v) is 7.76. The minimum atomic E-state index is 0.387. The van der Waals surface area contributed by atoms with Crippen molar-refractivity contribution >= 4 is 0 Å². The van der Waals surface area contributed by atoms with Gasteiger partial charge < -0.3 is 32.9 Å². The maximum atomic E-state index is 6.32. The molecule has 6 rings (SSSR count). The molecule has 39 heavy (non-hydrogen) atoms. The monoisotopic (exact) mass is 535 g/mol. The highest BCUT2D eigenvalue weighted by atomic mass is 16.5. The minimum Gasteiger partial charge on any atom is -0.497 e. The number of benzene rings is 3. The molecular formula is C31H39N2O6+. The summed E-state index contributed by atoms with van der Waals surface area (Å²) in [6.07, 6.45) is 0. The Balaban J connectivity index is 1.37. The van der Waals surface area contributed by atoms with E-state index in [0.29, 0.717) is 13.2 Å². The molecule has 0 N–H and O–H groups in total. The number of ether oxygens (including phenoxy) is 6. The van der Waals surface area contributed by atoms with Gasteiger partial charge in [-0.25, -0.2) is 0 Å². The molecule has 0 aliphatic carbocycles. The van der Waals surface area contributed by atoms with Crippen LogP contribution in [0.1, 0.15) is 16.7 Å². The fraction of sp³-hybridized carbons (Fsp3) is 0.419. The highest BCUT2D eigenvalue weighted by molar-refractivity contribution is 5.41. The van der Waals surface area contributed by atoms with Crippen LogP contribution in [0.25, 0.3) is 0 Å². The summed E-state index contributed by atoms with van der Waals surface area (Å²) in [6.45, 7) is 8.84. The van der Waals surface area contributed by atoms with Crippen molar-refractivity contribution in [3.8, 4) is 34.5 Å². The average molecular weight is 536 g/mol. The van der Waals surface area contributed by atoms with Crippen LogP contribution in [0, 0.1) is 0 Å². The first-order valence-electron chi connectivity index (χ1n) is 13.4. The summed E-state index contributed by atoms with van der Waals surface area (Å²) in [5.41, 5.74) is 3.16. The third kappa shape index (κ3) is 6.69. The molecule has 2 bridgehead atoms. The fourth-order valence-electron chi connectivity index (χ4n) is 5.48. The van der Waals surface area contributed by atoms with Gasteiger partial charge in [0, 0.05) is 43.4 Å². The number of fused-ring (bicyclic) bond motifs is 3. The van der Waals surface area contributed by atoms with Gasteiger partial charge in [0.05, 0.1) is 48.1 Å². The Bertz CT molecular complexity index is 1140. The number of rotatable bonds is 12. The number of methoxy groups -OCH3 is 4. The molecule has 0 spiro atoms. The zero-order chi connectivity index (χ0) is 27.2. The molecule has 0 amide bonds. The van der Waals surface area contributed by atoms with Gasteiger partial charge in [0.2, 0.25) is 0 Å². The van der Waals surface area contributed by atoms with Crippen molar-refractivity contribution in [2.24, 2.45) is 0 Å². The third-order valence-electron chi connectivity index (χ3n) is 7.76. The van der Waals surface area contributed by atoms with Crippen LogP contribution < -0.4 is 28.4 Å². The largest absolute Gasteiger partial charge is 0.497 e. The molecule has 3 aliphatic rings. The van der Waals surface area contributed by atoms with E-state index in [4.69, 9.17) is 28.4 Å². The molecule has 8 nitrogen and oxygen atoms in total. The van der Waals surface area contributed by atoms with E-state index in [1.54, 1.807) is 28.4 Å². The molecule has 3 saturated heterocycles. The molecule has 0 unspecified atom stereocenters. The molecule has 3 fully saturated rings. The first kappa shape index (κ1) is 27.0. The molecule has 0 aromatic heterocycles.